The van der Waals surface area contributed by atoms with Crippen LogP contribution in [0.15, 0.2) is 0 Å². The average Bonchev–Trinajstić information content (AvgIpc) is 2.63. The van der Waals surface area contributed by atoms with Crippen molar-refractivity contribution in [1.29, 1.82) is 0 Å². The van der Waals surface area contributed by atoms with Gasteiger partial charge in [-0.25, -0.2) is 0 Å². The summed E-state index contributed by atoms with van der Waals surface area (Å²) in [6.07, 6.45) is 25.2. The molecule has 1 atom stereocenters. The molecule has 0 aromatic heterocycles. The molecule has 26 heavy (non-hydrogen) atoms. The van der Waals surface area contributed by atoms with E-state index in [1.807, 2.05) is 0 Å². The highest BCUT2D eigenvalue weighted by Gasteiger charge is 2.12. The Hall–Kier alpha value is -0.440. The molecular weight excluding hydrogens is 340 g/mol. The predicted molar refractivity (Wildman–Crippen MR) is 118 cm³/mol. The van der Waals surface area contributed by atoms with Crippen LogP contribution in [0.3, 0.4) is 0 Å². The summed E-state index contributed by atoms with van der Waals surface area (Å²) < 4.78 is 0. The van der Waals surface area contributed by atoms with E-state index in [0.29, 0.717) is 6.42 Å². The lowest BCUT2D eigenvalue weighted by Gasteiger charge is -2.06. The quantitative estimate of drug-likeness (QED) is 0.160. The topological polar surface area (TPSA) is 37.3 Å². The number of hydrogen-bond acceptors (Lipinski definition) is 2. The van der Waals surface area contributed by atoms with Crippen molar-refractivity contribution >= 4 is 23.6 Å². The van der Waals surface area contributed by atoms with Gasteiger partial charge in [0.1, 0.15) is 0 Å². The maximum absolute atomic E-state index is 10.8. The number of thiocarbonyl (C=S) groups is 1. The number of unbranched alkanes of at least 4 members (excludes halogenated alkanes) is 17. The molecule has 0 saturated carbocycles. The van der Waals surface area contributed by atoms with Gasteiger partial charge in [-0.2, -0.15) is 0 Å². The molecule has 0 aliphatic rings. The van der Waals surface area contributed by atoms with Gasteiger partial charge in [0.25, 0.3) is 0 Å². The largest absolute Gasteiger partial charge is 0.481 e. The highest BCUT2D eigenvalue weighted by atomic mass is 32.1. The molecule has 1 N–H and O–H groups in total. The molecule has 0 amide bonds. The van der Waals surface area contributed by atoms with Crippen molar-refractivity contribution in [3.63, 3.8) is 0 Å². The molecule has 0 spiro atoms. The minimum absolute atomic E-state index is 0.425. The standard InChI is InChI=1S/C23H44O2S/c1-2-3-4-5-6-7-8-9-10-11-12-13-14-15-16-17-18-19-20-22(21-26)23(24)25/h21-22H,2-20H2,1H3,(H,24,25). The third-order valence-corrected chi connectivity index (χ3v) is 5.68. The van der Waals surface area contributed by atoms with E-state index in [9.17, 15) is 4.79 Å². The number of rotatable bonds is 21. The molecule has 2 nitrogen and oxygen atoms in total. The van der Waals surface area contributed by atoms with Gasteiger partial charge in [-0.05, 0) is 11.8 Å². The van der Waals surface area contributed by atoms with Crippen molar-refractivity contribution in [3.8, 4) is 0 Å². The molecule has 0 radical (unpaired) electrons. The SMILES string of the molecule is CCCCCCCCCCCCCCCCCCCCC(C=S)C(=O)O. The van der Waals surface area contributed by atoms with E-state index < -0.39 is 11.9 Å². The fourth-order valence-electron chi connectivity index (χ4n) is 3.52. The molecule has 154 valence electrons. The second kappa shape index (κ2) is 20.9. The van der Waals surface area contributed by atoms with Crippen LogP contribution in [-0.4, -0.2) is 16.4 Å². The fourth-order valence-corrected chi connectivity index (χ4v) is 3.77. The van der Waals surface area contributed by atoms with E-state index in [4.69, 9.17) is 17.3 Å². The maximum atomic E-state index is 10.8. The first-order chi connectivity index (χ1) is 12.7. The van der Waals surface area contributed by atoms with Crippen LogP contribution in [0.1, 0.15) is 129 Å². The third-order valence-electron chi connectivity index (χ3n) is 5.35. The zero-order chi connectivity index (χ0) is 19.3. The van der Waals surface area contributed by atoms with Gasteiger partial charge in [0, 0.05) is 0 Å². The van der Waals surface area contributed by atoms with Crippen LogP contribution in [0.5, 0.6) is 0 Å². The van der Waals surface area contributed by atoms with E-state index in [-0.39, 0.29) is 0 Å². The van der Waals surface area contributed by atoms with Gasteiger partial charge >= 0.3 is 5.97 Å². The van der Waals surface area contributed by atoms with Gasteiger partial charge in [0.15, 0.2) is 0 Å². The van der Waals surface area contributed by atoms with Crippen LogP contribution in [0.4, 0.5) is 0 Å². The minimum atomic E-state index is -0.771. The summed E-state index contributed by atoms with van der Waals surface area (Å²) >= 11 is 4.76. The second-order valence-corrected chi connectivity index (χ2v) is 8.15. The lowest BCUT2D eigenvalue weighted by atomic mass is 10.0. The second-order valence-electron chi connectivity index (χ2n) is 7.88. The zero-order valence-electron chi connectivity index (χ0n) is 17.4. The molecular formula is C23H44O2S. The van der Waals surface area contributed by atoms with Crippen molar-refractivity contribution in [2.75, 3.05) is 0 Å². The van der Waals surface area contributed by atoms with Gasteiger partial charge in [0.05, 0.1) is 5.92 Å². The van der Waals surface area contributed by atoms with E-state index in [0.717, 1.165) is 12.8 Å². The Balaban J connectivity index is 3.11. The van der Waals surface area contributed by atoms with Gasteiger partial charge in [-0.15, -0.1) is 0 Å². The Bertz CT molecular complexity index is 317. The summed E-state index contributed by atoms with van der Waals surface area (Å²) in [5.74, 6) is -1.20. The lowest BCUT2D eigenvalue weighted by Crippen LogP contribution is -2.13. The number of aliphatic carboxylic acids is 1. The summed E-state index contributed by atoms with van der Waals surface area (Å²) in [6, 6.07) is 0. The van der Waals surface area contributed by atoms with Gasteiger partial charge in [-0.3, -0.25) is 4.79 Å². The maximum Gasteiger partial charge on any atom is 0.311 e. The van der Waals surface area contributed by atoms with Crippen LogP contribution < -0.4 is 0 Å². The molecule has 0 heterocycles. The Labute approximate surface area is 168 Å². The average molecular weight is 385 g/mol. The van der Waals surface area contributed by atoms with E-state index in [2.05, 4.69) is 6.92 Å². The molecule has 0 aromatic rings. The summed E-state index contributed by atoms with van der Waals surface area (Å²) in [4.78, 5) is 10.8. The normalized spacial score (nSPS) is 12.2. The van der Waals surface area contributed by atoms with Crippen molar-refractivity contribution < 1.29 is 9.90 Å². The summed E-state index contributed by atoms with van der Waals surface area (Å²) in [5, 5.41) is 10.3. The van der Waals surface area contributed by atoms with Crippen LogP contribution in [0.2, 0.25) is 0 Å². The number of hydrogen-bond donors (Lipinski definition) is 1. The molecule has 0 rings (SSSR count). The Morgan fingerprint density at radius 1 is 0.692 bits per heavy atom. The van der Waals surface area contributed by atoms with Crippen LogP contribution in [0.25, 0.3) is 0 Å². The molecule has 0 aliphatic heterocycles. The Kier molecular flexibility index (Phi) is 20.5. The predicted octanol–water partition coefficient (Wildman–Crippen LogP) is 8.12. The van der Waals surface area contributed by atoms with Gasteiger partial charge in [-0.1, -0.05) is 135 Å². The molecule has 1 unspecified atom stereocenters. The Morgan fingerprint density at radius 2 is 1.00 bits per heavy atom. The third kappa shape index (κ3) is 18.4. The van der Waals surface area contributed by atoms with Gasteiger partial charge < -0.3 is 5.11 Å². The monoisotopic (exact) mass is 384 g/mol. The van der Waals surface area contributed by atoms with Crippen LogP contribution >= 0.6 is 12.2 Å². The molecule has 0 aliphatic carbocycles. The molecule has 0 saturated heterocycles. The first-order valence-electron chi connectivity index (χ1n) is 11.4. The first-order valence-corrected chi connectivity index (χ1v) is 11.9. The summed E-state index contributed by atoms with van der Waals surface area (Å²) in [6.45, 7) is 2.28. The lowest BCUT2D eigenvalue weighted by molar-refractivity contribution is -0.139. The van der Waals surface area contributed by atoms with Crippen molar-refractivity contribution in [1.82, 2.24) is 0 Å². The minimum Gasteiger partial charge on any atom is -0.481 e. The van der Waals surface area contributed by atoms with Crippen molar-refractivity contribution in [2.24, 2.45) is 5.92 Å². The summed E-state index contributed by atoms with van der Waals surface area (Å²) in [5.41, 5.74) is 0. The number of carboxylic acid groups (broad SMARTS) is 1. The summed E-state index contributed by atoms with van der Waals surface area (Å²) in [7, 11) is 0. The number of carboxylic acids is 1. The number of carbonyl (C=O) groups is 1. The molecule has 0 fully saturated rings. The smallest absolute Gasteiger partial charge is 0.311 e. The van der Waals surface area contributed by atoms with Crippen LogP contribution in [-0.2, 0) is 4.79 Å². The van der Waals surface area contributed by atoms with Crippen molar-refractivity contribution in [3.05, 3.63) is 0 Å². The van der Waals surface area contributed by atoms with Gasteiger partial charge in [0.2, 0.25) is 0 Å². The zero-order valence-corrected chi connectivity index (χ0v) is 18.2. The van der Waals surface area contributed by atoms with Crippen LogP contribution in [0, 0.1) is 5.92 Å². The Morgan fingerprint density at radius 3 is 1.27 bits per heavy atom. The highest BCUT2D eigenvalue weighted by Crippen LogP contribution is 2.15. The van der Waals surface area contributed by atoms with E-state index in [1.54, 1.807) is 0 Å². The molecule has 0 aromatic carbocycles. The van der Waals surface area contributed by atoms with E-state index >= 15 is 0 Å². The van der Waals surface area contributed by atoms with E-state index in [1.165, 1.54) is 108 Å². The van der Waals surface area contributed by atoms with Crippen molar-refractivity contribution in [2.45, 2.75) is 129 Å². The molecule has 0 bridgehead atoms. The molecule has 3 heteroatoms. The fraction of sp³-hybridized carbons (Fsp3) is 0.913. The first kappa shape index (κ1) is 25.6. The highest BCUT2D eigenvalue weighted by molar-refractivity contribution is 7.79.